The van der Waals surface area contributed by atoms with E-state index in [4.69, 9.17) is 0 Å². The Labute approximate surface area is 101 Å². The van der Waals surface area contributed by atoms with Crippen molar-refractivity contribution in [3.63, 3.8) is 0 Å². The maximum absolute atomic E-state index is 12.9. The van der Waals surface area contributed by atoms with E-state index in [0.717, 1.165) is 0 Å². The fourth-order valence-corrected chi connectivity index (χ4v) is 1.97. The van der Waals surface area contributed by atoms with E-state index in [0.29, 0.717) is 29.6 Å². The summed E-state index contributed by atoms with van der Waals surface area (Å²) in [4.78, 5) is 4.15. The van der Waals surface area contributed by atoms with Crippen LogP contribution in [0.15, 0.2) is 18.3 Å². The molecule has 2 aromatic heterocycles. The van der Waals surface area contributed by atoms with Crippen LogP contribution >= 0.6 is 0 Å². The van der Waals surface area contributed by atoms with Crippen LogP contribution in [0.2, 0.25) is 0 Å². The maximum atomic E-state index is 12.9. The third kappa shape index (κ3) is 3.00. The molecule has 0 aliphatic rings. The SMILES string of the molecule is CCS(=O)CCNc1nc2ccc(F)cn2n1. The summed E-state index contributed by atoms with van der Waals surface area (Å²) in [7, 11) is -0.807. The molecule has 0 amide bonds. The smallest absolute Gasteiger partial charge is 0.243 e. The molecular formula is C10H13FN4OS. The first-order valence-electron chi connectivity index (χ1n) is 5.30. The van der Waals surface area contributed by atoms with Gasteiger partial charge in [-0.15, -0.1) is 5.10 Å². The molecule has 0 radical (unpaired) electrons. The molecular weight excluding hydrogens is 243 g/mol. The number of fused-ring (bicyclic) bond motifs is 1. The van der Waals surface area contributed by atoms with Gasteiger partial charge < -0.3 is 5.32 Å². The van der Waals surface area contributed by atoms with Crippen LogP contribution in [-0.4, -0.2) is 36.9 Å². The highest BCUT2D eigenvalue weighted by atomic mass is 32.2. The molecule has 92 valence electrons. The van der Waals surface area contributed by atoms with Crippen molar-refractivity contribution in [3.05, 3.63) is 24.1 Å². The van der Waals surface area contributed by atoms with Gasteiger partial charge in [0.25, 0.3) is 0 Å². The fourth-order valence-electron chi connectivity index (χ4n) is 1.35. The van der Waals surface area contributed by atoms with Crippen molar-refractivity contribution in [2.24, 2.45) is 0 Å². The molecule has 1 atom stereocenters. The lowest BCUT2D eigenvalue weighted by molar-refractivity contribution is 0.615. The van der Waals surface area contributed by atoms with Crippen molar-refractivity contribution in [2.75, 3.05) is 23.4 Å². The average molecular weight is 256 g/mol. The minimum Gasteiger partial charge on any atom is -0.352 e. The maximum Gasteiger partial charge on any atom is 0.243 e. The molecule has 0 aliphatic carbocycles. The lowest BCUT2D eigenvalue weighted by atomic mass is 10.5. The highest BCUT2D eigenvalue weighted by Crippen LogP contribution is 2.06. The lowest BCUT2D eigenvalue weighted by Crippen LogP contribution is -2.12. The molecule has 0 saturated heterocycles. The standard InChI is InChI=1S/C10H13FN4OS/c1-2-17(16)6-5-12-10-13-9-4-3-8(11)7-15(9)14-10/h3-4,7H,2,5-6H2,1H3,(H,12,14). The van der Waals surface area contributed by atoms with Crippen molar-refractivity contribution < 1.29 is 8.60 Å². The van der Waals surface area contributed by atoms with Crippen molar-refractivity contribution in [1.82, 2.24) is 14.6 Å². The Morgan fingerprint density at radius 3 is 3.12 bits per heavy atom. The Kier molecular flexibility index (Phi) is 3.68. The minimum atomic E-state index is -0.807. The number of nitrogens with one attached hydrogen (secondary N) is 1. The quantitative estimate of drug-likeness (QED) is 0.868. The molecule has 1 unspecified atom stereocenters. The number of aromatic nitrogens is 3. The molecule has 7 heteroatoms. The van der Waals surface area contributed by atoms with Gasteiger partial charge in [0.1, 0.15) is 5.82 Å². The molecule has 2 aromatic rings. The Hall–Kier alpha value is -1.50. The summed E-state index contributed by atoms with van der Waals surface area (Å²) < 4.78 is 25.5. The van der Waals surface area contributed by atoms with E-state index >= 15 is 0 Å². The first-order chi connectivity index (χ1) is 8.19. The van der Waals surface area contributed by atoms with E-state index in [1.165, 1.54) is 16.8 Å². The number of hydrogen-bond donors (Lipinski definition) is 1. The van der Waals surface area contributed by atoms with Crippen LogP contribution in [0.5, 0.6) is 0 Å². The second kappa shape index (κ2) is 5.22. The number of pyridine rings is 1. The van der Waals surface area contributed by atoms with E-state index in [1.807, 2.05) is 6.92 Å². The number of hydrogen-bond acceptors (Lipinski definition) is 4. The monoisotopic (exact) mass is 256 g/mol. The van der Waals surface area contributed by atoms with E-state index in [2.05, 4.69) is 15.4 Å². The minimum absolute atomic E-state index is 0.360. The molecule has 2 heterocycles. The van der Waals surface area contributed by atoms with Crippen molar-refractivity contribution in [2.45, 2.75) is 6.92 Å². The van der Waals surface area contributed by atoms with Crippen LogP contribution in [0.1, 0.15) is 6.92 Å². The number of rotatable bonds is 5. The van der Waals surface area contributed by atoms with E-state index in [9.17, 15) is 8.60 Å². The van der Waals surface area contributed by atoms with Gasteiger partial charge in [0, 0.05) is 28.9 Å². The van der Waals surface area contributed by atoms with Gasteiger partial charge in [-0.2, -0.15) is 4.98 Å². The highest BCUT2D eigenvalue weighted by Gasteiger charge is 2.04. The van der Waals surface area contributed by atoms with E-state index in [1.54, 1.807) is 6.07 Å². The first kappa shape index (κ1) is 12.0. The Bertz CT molecular complexity index is 542. The second-order valence-electron chi connectivity index (χ2n) is 3.44. The molecule has 0 aromatic carbocycles. The fraction of sp³-hybridized carbons (Fsp3) is 0.400. The Balaban J connectivity index is 2.02. The summed E-state index contributed by atoms with van der Waals surface area (Å²) in [6.07, 6.45) is 1.26. The number of nitrogens with zero attached hydrogens (tertiary/aromatic N) is 3. The summed E-state index contributed by atoms with van der Waals surface area (Å²) in [5.74, 6) is 1.26. The highest BCUT2D eigenvalue weighted by molar-refractivity contribution is 7.84. The summed E-state index contributed by atoms with van der Waals surface area (Å²) in [6, 6.07) is 2.89. The normalized spacial score (nSPS) is 12.8. The van der Waals surface area contributed by atoms with E-state index < -0.39 is 10.8 Å². The molecule has 0 saturated carbocycles. The molecule has 0 fully saturated rings. The summed E-state index contributed by atoms with van der Waals surface area (Å²) in [5.41, 5.74) is 0.575. The van der Waals surface area contributed by atoms with Gasteiger partial charge in [-0.1, -0.05) is 6.92 Å². The second-order valence-corrected chi connectivity index (χ2v) is 5.31. The average Bonchev–Trinajstić information content (AvgIpc) is 2.70. The van der Waals surface area contributed by atoms with Crippen molar-refractivity contribution in [3.8, 4) is 0 Å². The third-order valence-corrected chi connectivity index (χ3v) is 3.53. The van der Waals surface area contributed by atoms with Gasteiger partial charge in [0.15, 0.2) is 5.65 Å². The zero-order valence-electron chi connectivity index (χ0n) is 9.39. The largest absolute Gasteiger partial charge is 0.352 e. The van der Waals surface area contributed by atoms with Gasteiger partial charge >= 0.3 is 0 Å². The van der Waals surface area contributed by atoms with Crippen LogP contribution in [0, 0.1) is 5.82 Å². The summed E-state index contributed by atoms with van der Waals surface area (Å²) in [5, 5.41) is 7.01. The van der Waals surface area contributed by atoms with Crippen LogP contribution in [0.25, 0.3) is 5.65 Å². The van der Waals surface area contributed by atoms with Crippen molar-refractivity contribution in [1.29, 1.82) is 0 Å². The summed E-state index contributed by atoms with van der Waals surface area (Å²) >= 11 is 0. The first-order valence-corrected chi connectivity index (χ1v) is 6.78. The summed E-state index contributed by atoms with van der Waals surface area (Å²) in [6.45, 7) is 2.42. The van der Waals surface area contributed by atoms with Gasteiger partial charge in [-0.05, 0) is 12.1 Å². The van der Waals surface area contributed by atoms with Gasteiger partial charge in [-0.25, -0.2) is 8.91 Å². The van der Waals surface area contributed by atoms with Crippen LogP contribution in [0.3, 0.4) is 0 Å². The molecule has 17 heavy (non-hydrogen) atoms. The molecule has 5 nitrogen and oxygen atoms in total. The Morgan fingerprint density at radius 1 is 1.53 bits per heavy atom. The molecule has 0 spiro atoms. The number of anilines is 1. The van der Waals surface area contributed by atoms with Gasteiger partial charge in [-0.3, -0.25) is 4.21 Å². The molecule has 0 bridgehead atoms. The zero-order valence-corrected chi connectivity index (χ0v) is 10.2. The number of halogens is 1. The van der Waals surface area contributed by atoms with Gasteiger partial charge in [0.2, 0.25) is 5.95 Å². The zero-order chi connectivity index (χ0) is 12.3. The van der Waals surface area contributed by atoms with Crippen LogP contribution in [0.4, 0.5) is 10.3 Å². The predicted molar refractivity (Wildman–Crippen MR) is 65.0 cm³/mol. The van der Waals surface area contributed by atoms with Crippen LogP contribution < -0.4 is 5.32 Å². The van der Waals surface area contributed by atoms with Gasteiger partial charge in [0.05, 0.1) is 6.20 Å². The molecule has 1 N–H and O–H groups in total. The molecule has 0 aliphatic heterocycles. The predicted octanol–water partition coefficient (Wildman–Crippen LogP) is 1.05. The topological polar surface area (TPSA) is 59.3 Å². The van der Waals surface area contributed by atoms with E-state index in [-0.39, 0.29) is 5.82 Å². The lowest BCUT2D eigenvalue weighted by Gasteiger charge is -1.99. The molecule has 2 rings (SSSR count). The third-order valence-electron chi connectivity index (χ3n) is 2.23. The Morgan fingerprint density at radius 2 is 2.35 bits per heavy atom. The van der Waals surface area contributed by atoms with Crippen molar-refractivity contribution >= 4 is 22.4 Å². The van der Waals surface area contributed by atoms with Crippen LogP contribution in [-0.2, 0) is 10.8 Å².